The second-order valence-corrected chi connectivity index (χ2v) is 4.02. The van der Waals surface area contributed by atoms with Crippen LogP contribution in [0.3, 0.4) is 0 Å². The van der Waals surface area contributed by atoms with Gasteiger partial charge in [-0.15, -0.1) is 0 Å². The number of nitrogens with one attached hydrogen (secondary N) is 1. The summed E-state index contributed by atoms with van der Waals surface area (Å²) in [6, 6.07) is 0.697. The molecule has 0 aromatic rings. The quantitative estimate of drug-likeness (QED) is 0.477. The molecule has 2 aliphatic rings. The monoisotopic (exact) mass is 250 g/mol. The first kappa shape index (κ1) is 12.0. The molecule has 0 saturated carbocycles. The van der Waals surface area contributed by atoms with Crippen LogP contribution < -0.4 is 5.32 Å². The van der Waals surface area contributed by atoms with Crippen molar-refractivity contribution in [3.05, 3.63) is 0 Å². The first-order valence-corrected chi connectivity index (χ1v) is 5.36. The van der Waals surface area contributed by atoms with Gasteiger partial charge in [0.1, 0.15) is 12.6 Å². The molecule has 2 heterocycles. The van der Waals surface area contributed by atoms with Gasteiger partial charge in [-0.3, -0.25) is 24.6 Å². The van der Waals surface area contributed by atoms with E-state index in [-0.39, 0.29) is 19.4 Å². The molecule has 2 saturated heterocycles. The zero-order valence-corrected chi connectivity index (χ0v) is 9.38. The van der Waals surface area contributed by atoms with Gasteiger partial charge < -0.3 is 4.90 Å². The van der Waals surface area contributed by atoms with Crippen LogP contribution in [0.25, 0.3) is 0 Å². The summed E-state index contributed by atoms with van der Waals surface area (Å²) in [5.74, 6) is -1.55. The molecule has 5 amide bonds. The largest absolute Gasteiger partial charge is 0.325 e. The number of nitriles is 1. The Morgan fingerprint density at radius 3 is 2.44 bits per heavy atom. The third-order valence-electron chi connectivity index (χ3n) is 2.73. The third kappa shape index (κ3) is 2.29. The molecule has 2 aliphatic heterocycles. The number of carbonyl (C=O) groups excluding carboxylic acids is 4. The van der Waals surface area contributed by atoms with E-state index in [9.17, 15) is 19.2 Å². The topological polar surface area (TPSA) is 110 Å². The highest BCUT2D eigenvalue weighted by molar-refractivity contribution is 6.06. The molecular weight excluding hydrogens is 240 g/mol. The van der Waals surface area contributed by atoms with Crippen molar-refractivity contribution in [1.82, 2.24) is 15.1 Å². The van der Waals surface area contributed by atoms with E-state index in [1.54, 1.807) is 0 Å². The van der Waals surface area contributed by atoms with Crippen molar-refractivity contribution in [1.29, 1.82) is 5.26 Å². The van der Waals surface area contributed by atoms with Crippen LogP contribution in [0.5, 0.6) is 0 Å². The van der Waals surface area contributed by atoms with E-state index in [0.29, 0.717) is 0 Å². The maximum Gasteiger partial charge on any atom is 0.325 e. The van der Waals surface area contributed by atoms with E-state index in [4.69, 9.17) is 5.26 Å². The molecule has 0 aromatic carbocycles. The Balaban J connectivity index is 1.82. The number of urea groups is 1. The average Bonchev–Trinajstić information content (AvgIpc) is 3.06. The zero-order valence-electron chi connectivity index (χ0n) is 9.38. The molecule has 8 nitrogen and oxygen atoms in total. The van der Waals surface area contributed by atoms with Crippen LogP contribution in [-0.2, 0) is 14.4 Å². The number of nitrogens with zero attached hydrogens (tertiary/aromatic N) is 3. The van der Waals surface area contributed by atoms with Gasteiger partial charge in [-0.2, -0.15) is 5.26 Å². The predicted octanol–water partition coefficient (Wildman–Crippen LogP) is -1.42. The first-order chi connectivity index (χ1) is 8.52. The Hall–Kier alpha value is -2.43. The fourth-order valence-corrected chi connectivity index (χ4v) is 1.65. The summed E-state index contributed by atoms with van der Waals surface area (Å²) in [7, 11) is 0. The van der Waals surface area contributed by atoms with Gasteiger partial charge in [0.15, 0.2) is 0 Å². The second-order valence-electron chi connectivity index (χ2n) is 4.02. The summed E-state index contributed by atoms with van der Waals surface area (Å²) < 4.78 is 0. The number of hydrogen-bond donors (Lipinski definition) is 1. The molecule has 18 heavy (non-hydrogen) atoms. The maximum absolute atomic E-state index is 11.4. The minimum Gasteiger partial charge on any atom is -0.303 e. The molecule has 94 valence electrons. The van der Waals surface area contributed by atoms with Gasteiger partial charge in [-0.1, -0.05) is 0 Å². The molecular formula is C10H10N4O4. The number of rotatable bonds is 2. The van der Waals surface area contributed by atoms with Crippen molar-refractivity contribution in [3.8, 4) is 6.07 Å². The van der Waals surface area contributed by atoms with Crippen LogP contribution in [0.4, 0.5) is 4.79 Å². The lowest BCUT2D eigenvalue weighted by Gasteiger charge is -2.12. The minimum absolute atomic E-state index is 0.0999. The van der Waals surface area contributed by atoms with Crippen molar-refractivity contribution >= 4 is 23.8 Å². The number of likely N-dealkylation sites (tertiary alicyclic amines) is 1. The van der Waals surface area contributed by atoms with Crippen LogP contribution in [-0.4, -0.2) is 52.7 Å². The Morgan fingerprint density at radius 2 is 1.94 bits per heavy atom. The van der Waals surface area contributed by atoms with Crippen molar-refractivity contribution in [3.63, 3.8) is 0 Å². The Labute approximate surface area is 102 Å². The fraction of sp³-hybridized carbons (Fsp3) is 0.500. The summed E-state index contributed by atoms with van der Waals surface area (Å²) in [6.45, 7) is -0.161. The Morgan fingerprint density at radius 1 is 1.33 bits per heavy atom. The van der Waals surface area contributed by atoms with Gasteiger partial charge >= 0.3 is 6.03 Å². The number of carbonyl (C=O) groups is 4. The lowest BCUT2D eigenvalue weighted by atomic mass is 10.4. The third-order valence-corrected chi connectivity index (χ3v) is 2.73. The standard InChI is InChI=1S/C10H10N4O4/c11-3-6-4-13(6)10(18)12-7(15)5-14-8(16)1-2-9(14)17/h6H,1-2,4-5H2,(H,12,15,18). The van der Waals surface area contributed by atoms with Gasteiger partial charge in [0.25, 0.3) is 0 Å². The smallest absolute Gasteiger partial charge is 0.303 e. The molecule has 0 aliphatic carbocycles. The summed E-state index contributed by atoms with van der Waals surface area (Å²) in [5.41, 5.74) is 0. The average molecular weight is 250 g/mol. The molecule has 2 rings (SSSR count). The Bertz CT molecular complexity index is 465. The lowest BCUT2D eigenvalue weighted by Crippen LogP contribution is -2.43. The summed E-state index contributed by atoms with van der Waals surface area (Å²) >= 11 is 0. The summed E-state index contributed by atoms with van der Waals surface area (Å²) in [4.78, 5) is 47.3. The van der Waals surface area contributed by atoms with Crippen molar-refractivity contribution in [2.75, 3.05) is 13.1 Å². The SMILES string of the molecule is N#CC1CN1C(=O)NC(=O)CN1C(=O)CCC1=O. The molecule has 8 heteroatoms. The highest BCUT2D eigenvalue weighted by Crippen LogP contribution is 2.15. The van der Waals surface area contributed by atoms with Crippen LogP contribution >= 0.6 is 0 Å². The van der Waals surface area contributed by atoms with Crippen molar-refractivity contribution in [2.24, 2.45) is 0 Å². The lowest BCUT2D eigenvalue weighted by molar-refractivity contribution is -0.142. The molecule has 0 aromatic heterocycles. The first-order valence-electron chi connectivity index (χ1n) is 5.36. The Kier molecular flexibility index (Phi) is 2.97. The minimum atomic E-state index is -0.729. The maximum atomic E-state index is 11.4. The molecule has 0 bridgehead atoms. The van der Waals surface area contributed by atoms with Gasteiger partial charge in [0.2, 0.25) is 17.7 Å². The van der Waals surface area contributed by atoms with E-state index in [1.807, 2.05) is 11.4 Å². The molecule has 0 radical (unpaired) electrons. The molecule has 2 fully saturated rings. The highest BCUT2D eigenvalue weighted by Gasteiger charge is 2.39. The van der Waals surface area contributed by atoms with Crippen molar-refractivity contribution < 1.29 is 19.2 Å². The van der Waals surface area contributed by atoms with Gasteiger partial charge in [-0.05, 0) is 0 Å². The van der Waals surface area contributed by atoms with E-state index >= 15 is 0 Å². The summed E-state index contributed by atoms with van der Waals surface area (Å²) in [6.07, 6.45) is 0.200. The highest BCUT2D eigenvalue weighted by atomic mass is 16.2. The van der Waals surface area contributed by atoms with Gasteiger partial charge in [-0.25, -0.2) is 4.79 Å². The van der Waals surface area contributed by atoms with Gasteiger partial charge in [0.05, 0.1) is 12.6 Å². The fourth-order valence-electron chi connectivity index (χ4n) is 1.65. The van der Waals surface area contributed by atoms with Crippen LogP contribution in [0.1, 0.15) is 12.8 Å². The summed E-state index contributed by atoms with van der Waals surface area (Å²) in [5, 5.41) is 10.5. The van der Waals surface area contributed by atoms with Gasteiger partial charge in [0, 0.05) is 12.8 Å². The number of hydrogen-bond acceptors (Lipinski definition) is 5. The zero-order chi connectivity index (χ0) is 13.3. The number of amides is 5. The molecule has 1 atom stereocenters. The molecule has 1 N–H and O–H groups in total. The van der Waals surface area contributed by atoms with Crippen LogP contribution in [0.15, 0.2) is 0 Å². The van der Waals surface area contributed by atoms with Crippen molar-refractivity contribution in [2.45, 2.75) is 18.9 Å². The number of imide groups is 2. The van der Waals surface area contributed by atoms with E-state index in [1.165, 1.54) is 4.90 Å². The van der Waals surface area contributed by atoms with E-state index in [2.05, 4.69) is 0 Å². The normalized spacial score (nSPS) is 21.8. The molecule has 0 spiro atoms. The molecule has 1 unspecified atom stereocenters. The second kappa shape index (κ2) is 4.44. The van der Waals surface area contributed by atoms with Crippen LogP contribution in [0, 0.1) is 11.3 Å². The predicted molar refractivity (Wildman–Crippen MR) is 55.6 cm³/mol. The van der Waals surface area contributed by atoms with Crippen LogP contribution in [0.2, 0.25) is 0 Å². The van der Waals surface area contributed by atoms with E-state index in [0.717, 1.165) is 4.90 Å². The van der Waals surface area contributed by atoms with E-state index < -0.39 is 36.3 Å².